The lowest BCUT2D eigenvalue weighted by atomic mass is 9.96. The number of benzene rings is 3. The first-order chi connectivity index (χ1) is 15.9. The van der Waals surface area contributed by atoms with Gasteiger partial charge in [0, 0.05) is 22.6 Å². The van der Waals surface area contributed by atoms with Gasteiger partial charge in [-0.1, -0.05) is 23.2 Å². The zero-order chi connectivity index (χ0) is 23.1. The predicted molar refractivity (Wildman–Crippen MR) is 131 cm³/mol. The zero-order valence-electron chi connectivity index (χ0n) is 18.6. The topological polar surface area (TPSA) is 43.3 Å². The zero-order valence-corrected chi connectivity index (χ0v) is 20.1. The van der Waals surface area contributed by atoms with Crippen LogP contribution in [-0.2, 0) is 0 Å². The molecule has 0 bridgehead atoms. The van der Waals surface area contributed by atoms with E-state index in [0.717, 1.165) is 33.9 Å². The molecule has 2 aliphatic rings. The maximum absolute atomic E-state index is 6.56. The van der Waals surface area contributed by atoms with E-state index in [1.807, 2.05) is 73.5 Å². The van der Waals surface area contributed by atoms with Crippen molar-refractivity contribution in [2.75, 3.05) is 7.11 Å². The number of ether oxygens (including phenoxy) is 3. The fraction of sp³-hybridized carbons (Fsp3) is 0.269. The molecule has 170 valence electrons. The highest BCUT2D eigenvalue weighted by Crippen LogP contribution is 2.50. The van der Waals surface area contributed by atoms with Crippen LogP contribution < -0.4 is 14.2 Å². The minimum Gasteiger partial charge on any atom is -0.497 e. The van der Waals surface area contributed by atoms with Gasteiger partial charge in [0.15, 0.2) is 0 Å². The Kier molecular flexibility index (Phi) is 5.85. The molecule has 0 aliphatic carbocycles. The van der Waals surface area contributed by atoms with Gasteiger partial charge in [-0.3, -0.25) is 0 Å². The van der Waals surface area contributed by atoms with E-state index < -0.39 is 6.23 Å². The van der Waals surface area contributed by atoms with Crippen LogP contribution in [0.25, 0.3) is 0 Å². The van der Waals surface area contributed by atoms with Gasteiger partial charge in [0.1, 0.15) is 17.2 Å². The molecule has 0 saturated heterocycles. The lowest BCUT2D eigenvalue weighted by Crippen LogP contribution is -2.33. The fourth-order valence-corrected chi connectivity index (χ4v) is 4.83. The number of hydrazone groups is 1. The summed E-state index contributed by atoms with van der Waals surface area (Å²) in [5.74, 6) is 2.28. The van der Waals surface area contributed by atoms with E-state index in [0.29, 0.717) is 22.2 Å². The highest BCUT2D eigenvalue weighted by Gasteiger charge is 2.42. The monoisotopic (exact) mass is 482 g/mol. The van der Waals surface area contributed by atoms with Crippen molar-refractivity contribution < 1.29 is 14.2 Å². The lowest BCUT2D eigenvalue weighted by Gasteiger charge is -2.38. The van der Waals surface area contributed by atoms with Crippen molar-refractivity contribution in [2.24, 2.45) is 5.10 Å². The molecule has 2 atom stereocenters. The van der Waals surface area contributed by atoms with Crippen molar-refractivity contribution in [3.05, 3.63) is 87.4 Å². The summed E-state index contributed by atoms with van der Waals surface area (Å²) in [5, 5.41) is 8.07. The first-order valence-corrected chi connectivity index (χ1v) is 11.6. The van der Waals surface area contributed by atoms with Crippen molar-refractivity contribution in [1.29, 1.82) is 0 Å². The van der Waals surface area contributed by atoms with E-state index in [1.165, 1.54) is 0 Å². The Morgan fingerprint density at radius 1 is 1.00 bits per heavy atom. The Morgan fingerprint density at radius 2 is 1.70 bits per heavy atom. The first kappa shape index (κ1) is 21.9. The molecule has 3 aromatic carbocycles. The fourth-order valence-electron chi connectivity index (χ4n) is 4.28. The summed E-state index contributed by atoms with van der Waals surface area (Å²) in [5.41, 5.74) is 3.92. The summed E-state index contributed by atoms with van der Waals surface area (Å²) in [6.45, 7) is 4.01. The van der Waals surface area contributed by atoms with E-state index >= 15 is 0 Å². The largest absolute Gasteiger partial charge is 0.497 e. The summed E-state index contributed by atoms with van der Waals surface area (Å²) in [6.07, 6.45) is 0.395. The second kappa shape index (κ2) is 8.81. The number of rotatable bonds is 5. The summed E-state index contributed by atoms with van der Waals surface area (Å²) in [4.78, 5) is 0. The summed E-state index contributed by atoms with van der Waals surface area (Å²) in [6, 6.07) is 19.5. The Bertz CT molecular complexity index is 1190. The number of halogens is 2. The Hall–Kier alpha value is -2.89. The van der Waals surface area contributed by atoms with Crippen molar-refractivity contribution >= 4 is 28.9 Å². The average Bonchev–Trinajstić information content (AvgIpc) is 3.25. The van der Waals surface area contributed by atoms with Crippen LogP contribution in [-0.4, -0.2) is 23.9 Å². The van der Waals surface area contributed by atoms with Gasteiger partial charge in [-0.25, -0.2) is 5.01 Å². The molecule has 33 heavy (non-hydrogen) atoms. The molecule has 0 spiro atoms. The predicted octanol–water partition coefficient (Wildman–Crippen LogP) is 7.03. The molecular formula is C26H24Cl2N2O3. The quantitative estimate of drug-likeness (QED) is 0.391. The molecule has 5 nitrogen and oxygen atoms in total. The highest BCUT2D eigenvalue weighted by atomic mass is 35.5. The number of hydrogen-bond donors (Lipinski definition) is 0. The van der Waals surface area contributed by atoms with Gasteiger partial charge in [-0.2, -0.15) is 5.10 Å². The van der Waals surface area contributed by atoms with Gasteiger partial charge in [0.2, 0.25) is 6.23 Å². The molecular weight excluding hydrogens is 459 g/mol. The van der Waals surface area contributed by atoms with Gasteiger partial charge in [0.25, 0.3) is 0 Å². The molecule has 0 amide bonds. The molecule has 0 radical (unpaired) electrons. The van der Waals surface area contributed by atoms with E-state index in [1.54, 1.807) is 13.2 Å². The molecule has 0 N–H and O–H groups in total. The van der Waals surface area contributed by atoms with Crippen LogP contribution in [0.5, 0.6) is 17.2 Å². The lowest BCUT2D eigenvalue weighted by molar-refractivity contribution is -0.0189. The van der Waals surface area contributed by atoms with Gasteiger partial charge in [-0.15, -0.1) is 0 Å². The van der Waals surface area contributed by atoms with E-state index in [9.17, 15) is 0 Å². The van der Waals surface area contributed by atoms with E-state index in [-0.39, 0.29) is 12.1 Å². The van der Waals surface area contributed by atoms with Crippen molar-refractivity contribution in [3.63, 3.8) is 0 Å². The maximum atomic E-state index is 6.56. The third-order valence-electron chi connectivity index (χ3n) is 5.77. The highest BCUT2D eigenvalue weighted by molar-refractivity contribution is 6.35. The van der Waals surface area contributed by atoms with Gasteiger partial charge >= 0.3 is 0 Å². The third kappa shape index (κ3) is 4.23. The van der Waals surface area contributed by atoms with Crippen LogP contribution in [0, 0.1) is 0 Å². The second-order valence-electron chi connectivity index (χ2n) is 8.39. The molecule has 2 heterocycles. The molecule has 0 saturated carbocycles. The molecule has 7 heteroatoms. The van der Waals surface area contributed by atoms with Crippen molar-refractivity contribution in [2.45, 2.75) is 38.6 Å². The van der Waals surface area contributed by atoms with E-state index in [4.69, 9.17) is 42.5 Å². The molecule has 0 aromatic heterocycles. The van der Waals surface area contributed by atoms with Crippen molar-refractivity contribution in [3.8, 4) is 17.2 Å². The summed E-state index contributed by atoms with van der Waals surface area (Å²) >= 11 is 12.9. The summed E-state index contributed by atoms with van der Waals surface area (Å²) < 4.78 is 17.5. The first-order valence-electron chi connectivity index (χ1n) is 10.9. The normalized spacial score (nSPS) is 19.0. The minimum absolute atomic E-state index is 0.0429. The number of hydrogen-bond acceptors (Lipinski definition) is 5. The van der Waals surface area contributed by atoms with Crippen LogP contribution >= 0.6 is 23.2 Å². The number of nitrogens with zero attached hydrogens (tertiary/aromatic N) is 2. The summed E-state index contributed by atoms with van der Waals surface area (Å²) in [7, 11) is 1.66. The standard InChI is InChI=1S/C26H24Cl2N2O3/c1-15(2)32-20-10-6-17(7-11-20)26-30-24(21-12-18(27)13-22(28)25(21)33-26)14-23(29-30)16-4-8-19(31-3)9-5-16/h4-13,15,24,26H,14H2,1-3H3/t24-,26-/m0/s1. The molecule has 2 aliphatic heterocycles. The Balaban J connectivity index is 1.54. The molecule has 5 rings (SSSR count). The van der Waals surface area contributed by atoms with Gasteiger partial charge in [-0.05, 0) is 80.1 Å². The van der Waals surface area contributed by atoms with E-state index in [2.05, 4.69) is 0 Å². The van der Waals surface area contributed by atoms with Crippen LogP contribution in [0.1, 0.15) is 49.2 Å². The van der Waals surface area contributed by atoms with Gasteiger partial charge in [0.05, 0.1) is 30.0 Å². The van der Waals surface area contributed by atoms with Crippen LogP contribution in [0.15, 0.2) is 65.8 Å². The SMILES string of the molecule is COc1ccc(C2=NN3[C@@H](C2)c2cc(Cl)cc(Cl)c2O[C@H]3c2ccc(OC(C)C)cc2)cc1. The van der Waals surface area contributed by atoms with Crippen LogP contribution in [0.3, 0.4) is 0 Å². The van der Waals surface area contributed by atoms with Gasteiger partial charge < -0.3 is 14.2 Å². The van der Waals surface area contributed by atoms with Crippen LogP contribution in [0.2, 0.25) is 10.0 Å². The Labute approximate surface area is 203 Å². The number of methoxy groups -OCH3 is 1. The molecule has 3 aromatic rings. The molecule has 0 unspecified atom stereocenters. The average molecular weight is 483 g/mol. The molecule has 0 fully saturated rings. The van der Waals surface area contributed by atoms with Crippen molar-refractivity contribution in [1.82, 2.24) is 5.01 Å². The Morgan fingerprint density at radius 3 is 2.36 bits per heavy atom. The maximum Gasteiger partial charge on any atom is 0.213 e. The minimum atomic E-state index is -0.426. The van der Waals surface area contributed by atoms with Crippen LogP contribution in [0.4, 0.5) is 0 Å². The second-order valence-corrected chi connectivity index (χ2v) is 9.23. The number of fused-ring (bicyclic) bond motifs is 3. The smallest absolute Gasteiger partial charge is 0.213 e. The third-order valence-corrected chi connectivity index (χ3v) is 6.27.